The molecule has 0 fully saturated rings. The van der Waals surface area contributed by atoms with Crippen LogP contribution in [0.5, 0.6) is 0 Å². The molecule has 0 aliphatic rings. The van der Waals surface area contributed by atoms with Gasteiger partial charge in [0.15, 0.2) is 0 Å². The van der Waals surface area contributed by atoms with Crippen LogP contribution < -0.4 is 11.2 Å². The fraction of sp³-hybridized carbons (Fsp3) is 0.231. The van der Waals surface area contributed by atoms with Gasteiger partial charge in [-0.3, -0.25) is 9.78 Å². The van der Waals surface area contributed by atoms with Gasteiger partial charge < -0.3 is 0 Å². The maximum Gasteiger partial charge on any atom is 0.334 e. The molecule has 1 heterocycles. The molecule has 2 aromatic rings. The van der Waals surface area contributed by atoms with Gasteiger partial charge in [-0.05, 0) is 18.1 Å². The molecule has 0 aliphatic heterocycles. The van der Waals surface area contributed by atoms with Crippen molar-refractivity contribution in [3.63, 3.8) is 0 Å². The lowest BCUT2D eigenvalue weighted by molar-refractivity contribution is 0.777. The average Bonchev–Trinajstić information content (AvgIpc) is 2.30. The Morgan fingerprint density at radius 2 is 1.67 bits per heavy atom. The van der Waals surface area contributed by atoms with Gasteiger partial charge in [0.1, 0.15) is 5.15 Å². The second-order valence-corrected chi connectivity index (χ2v) is 6.78. The van der Waals surface area contributed by atoms with E-state index in [9.17, 15) is 9.59 Å². The molecule has 21 heavy (non-hydrogen) atoms. The molecule has 1 N–H and O–H groups in total. The van der Waals surface area contributed by atoms with Gasteiger partial charge in [-0.1, -0.05) is 64.6 Å². The van der Waals surface area contributed by atoms with Crippen molar-refractivity contribution >= 4 is 50.7 Å². The van der Waals surface area contributed by atoms with E-state index in [4.69, 9.17) is 34.8 Å². The minimum atomic E-state index is -0.694. The third-order valence-corrected chi connectivity index (χ3v) is 4.20. The SMILES string of the molecule is CC(C)c1c(Cl)[nH]c(=O)n(-c2c(Cl)cc(Br)cc2Cl)c1=O. The van der Waals surface area contributed by atoms with Gasteiger partial charge in [0.2, 0.25) is 0 Å². The first-order chi connectivity index (χ1) is 9.73. The molecule has 0 atom stereocenters. The molecule has 112 valence electrons. The van der Waals surface area contributed by atoms with Gasteiger partial charge in [0, 0.05) is 4.47 Å². The molecular formula is C13H10BrCl3N2O2. The average molecular weight is 412 g/mol. The molecule has 2 rings (SSSR count). The Bertz CT molecular complexity index is 804. The monoisotopic (exact) mass is 410 g/mol. The minimum absolute atomic E-state index is 0.0283. The normalized spacial score (nSPS) is 11.2. The van der Waals surface area contributed by atoms with Crippen molar-refractivity contribution in [2.24, 2.45) is 0 Å². The Kier molecular flexibility index (Phi) is 4.88. The summed E-state index contributed by atoms with van der Waals surface area (Å²) in [6, 6.07) is 3.11. The van der Waals surface area contributed by atoms with E-state index in [-0.39, 0.29) is 26.8 Å². The Morgan fingerprint density at radius 3 is 2.14 bits per heavy atom. The topological polar surface area (TPSA) is 54.9 Å². The fourth-order valence-corrected chi connectivity index (χ4v) is 3.73. The maximum atomic E-state index is 12.6. The highest BCUT2D eigenvalue weighted by molar-refractivity contribution is 9.10. The third-order valence-electron chi connectivity index (χ3n) is 2.87. The van der Waals surface area contributed by atoms with Crippen molar-refractivity contribution in [1.82, 2.24) is 9.55 Å². The van der Waals surface area contributed by atoms with Crippen LogP contribution in [0.3, 0.4) is 0 Å². The highest BCUT2D eigenvalue weighted by Crippen LogP contribution is 2.31. The smallest absolute Gasteiger partial charge is 0.297 e. The van der Waals surface area contributed by atoms with E-state index in [0.29, 0.717) is 10.0 Å². The van der Waals surface area contributed by atoms with Crippen LogP contribution in [0.1, 0.15) is 25.3 Å². The standard InChI is InChI=1S/C13H10BrCl3N2O2/c1-5(2)9-11(17)18-13(21)19(12(9)20)10-7(15)3-6(14)4-8(10)16/h3-5H,1-2H3,(H,18,21). The molecule has 4 nitrogen and oxygen atoms in total. The zero-order valence-electron chi connectivity index (χ0n) is 11.0. The molecule has 0 aliphatic carbocycles. The van der Waals surface area contributed by atoms with E-state index in [1.807, 2.05) is 0 Å². The van der Waals surface area contributed by atoms with Crippen molar-refractivity contribution in [2.45, 2.75) is 19.8 Å². The van der Waals surface area contributed by atoms with Crippen LogP contribution in [0.15, 0.2) is 26.2 Å². The number of H-pyrrole nitrogens is 1. The van der Waals surface area contributed by atoms with Crippen molar-refractivity contribution in [2.75, 3.05) is 0 Å². The summed E-state index contributed by atoms with van der Waals surface area (Å²) >= 11 is 21.4. The van der Waals surface area contributed by atoms with Crippen LogP contribution >= 0.6 is 50.7 Å². The van der Waals surface area contributed by atoms with Gasteiger partial charge in [-0.25, -0.2) is 9.36 Å². The zero-order chi connectivity index (χ0) is 15.9. The predicted octanol–water partition coefficient (Wildman–Crippen LogP) is 4.37. The molecular weight excluding hydrogens is 402 g/mol. The van der Waals surface area contributed by atoms with Crippen molar-refractivity contribution in [3.8, 4) is 5.69 Å². The summed E-state index contributed by atoms with van der Waals surface area (Å²) in [7, 11) is 0. The van der Waals surface area contributed by atoms with Crippen LogP contribution in [0.2, 0.25) is 15.2 Å². The highest BCUT2D eigenvalue weighted by Gasteiger charge is 2.20. The Morgan fingerprint density at radius 1 is 1.14 bits per heavy atom. The molecule has 8 heteroatoms. The third kappa shape index (κ3) is 3.06. The zero-order valence-corrected chi connectivity index (χ0v) is 14.9. The summed E-state index contributed by atoms with van der Waals surface area (Å²) in [5, 5.41) is 0.388. The van der Waals surface area contributed by atoms with Crippen LogP contribution in [-0.2, 0) is 0 Å². The molecule has 0 saturated heterocycles. The van der Waals surface area contributed by atoms with Crippen molar-refractivity contribution in [1.29, 1.82) is 0 Å². The van der Waals surface area contributed by atoms with Gasteiger partial charge in [0.25, 0.3) is 5.56 Å². The summed E-state index contributed by atoms with van der Waals surface area (Å²) in [5.41, 5.74) is -0.803. The number of halogens is 4. The summed E-state index contributed by atoms with van der Waals surface area (Å²) in [6.07, 6.45) is 0. The van der Waals surface area contributed by atoms with Gasteiger partial charge in [-0.2, -0.15) is 0 Å². The molecule has 1 aromatic heterocycles. The Labute approximate surface area is 143 Å². The minimum Gasteiger partial charge on any atom is -0.297 e. The number of aromatic amines is 1. The van der Waals surface area contributed by atoms with E-state index in [2.05, 4.69) is 20.9 Å². The van der Waals surface area contributed by atoms with Gasteiger partial charge in [-0.15, -0.1) is 0 Å². The lowest BCUT2D eigenvalue weighted by Crippen LogP contribution is -2.37. The predicted molar refractivity (Wildman–Crippen MR) is 89.5 cm³/mol. The maximum absolute atomic E-state index is 12.6. The molecule has 0 unspecified atom stereocenters. The number of hydrogen-bond donors (Lipinski definition) is 1. The highest BCUT2D eigenvalue weighted by atomic mass is 79.9. The first-order valence-corrected chi connectivity index (χ1v) is 7.86. The first-order valence-electron chi connectivity index (χ1n) is 5.93. The van der Waals surface area contributed by atoms with Crippen LogP contribution in [0.25, 0.3) is 5.69 Å². The quantitative estimate of drug-likeness (QED) is 0.745. The number of rotatable bonds is 2. The van der Waals surface area contributed by atoms with Crippen LogP contribution in [-0.4, -0.2) is 9.55 Å². The molecule has 0 bridgehead atoms. The number of nitrogens with one attached hydrogen (secondary N) is 1. The van der Waals surface area contributed by atoms with Crippen LogP contribution in [0.4, 0.5) is 0 Å². The number of benzene rings is 1. The molecule has 0 saturated carbocycles. The largest absolute Gasteiger partial charge is 0.334 e. The van der Waals surface area contributed by atoms with E-state index in [1.54, 1.807) is 26.0 Å². The second kappa shape index (κ2) is 6.16. The number of hydrogen-bond acceptors (Lipinski definition) is 2. The Balaban J connectivity index is 2.93. The van der Waals surface area contributed by atoms with Gasteiger partial charge in [0.05, 0.1) is 21.3 Å². The lowest BCUT2D eigenvalue weighted by atomic mass is 10.1. The Hall–Kier alpha value is -0.750. The van der Waals surface area contributed by atoms with E-state index < -0.39 is 11.2 Å². The molecule has 0 amide bonds. The summed E-state index contributed by atoms with van der Waals surface area (Å²) in [4.78, 5) is 27.1. The van der Waals surface area contributed by atoms with Gasteiger partial charge >= 0.3 is 5.69 Å². The lowest BCUT2D eigenvalue weighted by Gasteiger charge is -2.13. The fourth-order valence-electron chi connectivity index (χ4n) is 1.98. The molecule has 1 aromatic carbocycles. The molecule has 0 spiro atoms. The summed E-state index contributed by atoms with van der Waals surface area (Å²) in [5.74, 6) is -0.166. The summed E-state index contributed by atoms with van der Waals surface area (Å²) < 4.78 is 1.54. The number of nitrogens with zero attached hydrogens (tertiary/aromatic N) is 1. The second-order valence-electron chi connectivity index (χ2n) is 4.67. The van der Waals surface area contributed by atoms with Crippen LogP contribution in [0, 0.1) is 0 Å². The van der Waals surface area contributed by atoms with Crippen molar-refractivity contribution < 1.29 is 0 Å². The van der Waals surface area contributed by atoms with E-state index >= 15 is 0 Å². The summed E-state index contributed by atoms with van der Waals surface area (Å²) in [6.45, 7) is 3.60. The van der Waals surface area contributed by atoms with E-state index in [0.717, 1.165) is 4.57 Å². The first kappa shape index (κ1) is 16.6. The number of aromatic nitrogens is 2. The van der Waals surface area contributed by atoms with E-state index in [1.165, 1.54) is 0 Å². The van der Waals surface area contributed by atoms with Crippen molar-refractivity contribution in [3.05, 3.63) is 58.2 Å². The molecule has 0 radical (unpaired) electrons.